The Labute approximate surface area is 126 Å². The molecule has 0 heterocycles. The van der Waals surface area contributed by atoms with E-state index in [0.29, 0.717) is 12.8 Å². The number of esters is 2. The van der Waals surface area contributed by atoms with Crippen LogP contribution in [0.2, 0.25) is 0 Å². The van der Waals surface area contributed by atoms with Gasteiger partial charge >= 0.3 is 11.9 Å². The van der Waals surface area contributed by atoms with Gasteiger partial charge in [-0.05, 0) is 47.5 Å². The van der Waals surface area contributed by atoms with Crippen molar-refractivity contribution in [2.24, 2.45) is 5.73 Å². The van der Waals surface area contributed by atoms with Crippen molar-refractivity contribution in [3.63, 3.8) is 0 Å². The summed E-state index contributed by atoms with van der Waals surface area (Å²) < 4.78 is 10.1. The molecule has 0 fully saturated rings. The van der Waals surface area contributed by atoms with Crippen molar-refractivity contribution in [2.45, 2.75) is 71.4 Å². The molecule has 0 spiro atoms. The van der Waals surface area contributed by atoms with Gasteiger partial charge in [0.25, 0.3) is 0 Å². The van der Waals surface area contributed by atoms with Crippen molar-refractivity contribution in [3.8, 4) is 0 Å². The number of Topliss-reactive ketones (excluding diaryl/α,β-unsaturated/α-hetero) is 1. The van der Waals surface area contributed by atoms with Crippen LogP contribution in [0.5, 0.6) is 0 Å². The summed E-state index contributed by atoms with van der Waals surface area (Å²) in [6.45, 7) is 8.53. The number of rotatable bonds is 8. The van der Waals surface area contributed by atoms with Gasteiger partial charge in [0.05, 0.1) is 13.0 Å². The molecule has 0 bridgehead atoms. The van der Waals surface area contributed by atoms with E-state index in [0.717, 1.165) is 0 Å². The lowest BCUT2D eigenvalue weighted by molar-refractivity contribution is -0.163. The molecule has 0 saturated carbocycles. The fourth-order valence-electron chi connectivity index (χ4n) is 1.83. The molecular weight excluding hydrogens is 274 g/mol. The minimum atomic E-state index is -1.45. The Morgan fingerprint density at radius 1 is 1.14 bits per heavy atom. The van der Waals surface area contributed by atoms with Crippen LogP contribution < -0.4 is 5.73 Å². The number of carbonyl (C=O) groups is 3. The molecular formula is C15H27NO5. The average molecular weight is 301 g/mol. The first kappa shape index (κ1) is 19.6. The van der Waals surface area contributed by atoms with E-state index in [1.54, 1.807) is 27.7 Å². The lowest BCUT2D eigenvalue weighted by Gasteiger charge is -2.28. The van der Waals surface area contributed by atoms with Gasteiger partial charge in [0.2, 0.25) is 0 Å². The molecule has 0 aliphatic rings. The van der Waals surface area contributed by atoms with E-state index < -0.39 is 23.1 Å². The van der Waals surface area contributed by atoms with Crippen LogP contribution in [-0.2, 0) is 23.9 Å². The molecule has 0 aliphatic carbocycles. The predicted octanol–water partition coefficient (Wildman–Crippen LogP) is 1.74. The topological polar surface area (TPSA) is 95.7 Å². The summed E-state index contributed by atoms with van der Waals surface area (Å²) in [6, 6.07) is 0. The monoisotopic (exact) mass is 301 g/mol. The second-order valence-corrected chi connectivity index (χ2v) is 6.20. The highest BCUT2D eigenvalue weighted by Gasteiger charge is 2.39. The number of hydrogen-bond acceptors (Lipinski definition) is 6. The third kappa shape index (κ3) is 8.45. The molecule has 0 saturated heterocycles. The molecule has 0 amide bonds. The van der Waals surface area contributed by atoms with Crippen LogP contribution >= 0.6 is 0 Å². The lowest BCUT2D eigenvalue weighted by atomic mass is 9.89. The molecule has 0 aromatic carbocycles. The van der Waals surface area contributed by atoms with Gasteiger partial charge in [-0.1, -0.05) is 0 Å². The second kappa shape index (κ2) is 8.12. The molecule has 0 aromatic rings. The van der Waals surface area contributed by atoms with Crippen molar-refractivity contribution in [3.05, 3.63) is 0 Å². The predicted molar refractivity (Wildman–Crippen MR) is 78.5 cm³/mol. The molecule has 2 N–H and O–H groups in total. The van der Waals surface area contributed by atoms with Crippen LogP contribution in [0.3, 0.4) is 0 Å². The summed E-state index contributed by atoms with van der Waals surface area (Å²) in [4.78, 5) is 34.9. The van der Waals surface area contributed by atoms with Crippen LogP contribution in [0.4, 0.5) is 0 Å². The summed E-state index contributed by atoms with van der Waals surface area (Å²) >= 11 is 0. The largest absolute Gasteiger partial charge is 0.465 e. The Kier molecular flexibility index (Phi) is 7.57. The average Bonchev–Trinajstić information content (AvgIpc) is 2.25. The molecule has 0 aromatic heterocycles. The fourth-order valence-corrected chi connectivity index (χ4v) is 1.83. The normalized spacial score (nSPS) is 14.2. The van der Waals surface area contributed by atoms with Crippen molar-refractivity contribution in [1.82, 2.24) is 0 Å². The van der Waals surface area contributed by atoms with Crippen LogP contribution in [0.1, 0.15) is 60.3 Å². The molecule has 6 nitrogen and oxygen atoms in total. The van der Waals surface area contributed by atoms with Crippen LogP contribution in [0, 0.1) is 0 Å². The van der Waals surface area contributed by atoms with Crippen LogP contribution in [-0.4, -0.2) is 35.5 Å². The van der Waals surface area contributed by atoms with Gasteiger partial charge in [-0.3, -0.25) is 9.59 Å². The van der Waals surface area contributed by atoms with E-state index in [1.807, 2.05) is 0 Å². The smallest absolute Gasteiger partial charge is 0.326 e. The summed E-state index contributed by atoms with van der Waals surface area (Å²) in [7, 11) is 0. The van der Waals surface area contributed by atoms with Gasteiger partial charge in [0.1, 0.15) is 16.9 Å². The first-order chi connectivity index (χ1) is 9.50. The zero-order chi connectivity index (χ0) is 16.7. The Bertz CT molecular complexity index is 386. The molecule has 6 heteroatoms. The van der Waals surface area contributed by atoms with Crippen molar-refractivity contribution in [2.75, 3.05) is 6.61 Å². The highest BCUT2D eigenvalue weighted by atomic mass is 16.6. The fraction of sp³-hybridized carbons (Fsp3) is 0.800. The summed E-state index contributed by atoms with van der Waals surface area (Å²) in [5.41, 5.74) is 3.95. The SMILES string of the molecule is CCOC(=O)C(N)(CCCC(C)=O)CC(=O)OC(C)(C)C. The van der Waals surface area contributed by atoms with E-state index >= 15 is 0 Å². The van der Waals surface area contributed by atoms with E-state index in [1.165, 1.54) is 6.92 Å². The zero-order valence-corrected chi connectivity index (χ0v) is 13.7. The second-order valence-electron chi connectivity index (χ2n) is 6.20. The van der Waals surface area contributed by atoms with E-state index in [2.05, 4.69) is 0 Å². The highest BCUT2D eigenvalue weighted by molar-refractivity contribution is 5.87. The highest BCUT2D eigenvalue weighted by Crippen LogP contribution is 2.21. The molecule has 1 unspecified atom stereocenters. The number of hydrogen-bond donors (Lipinski definition) is 1. The molecule has 0 radical (unpaired) electrons. The summed E-state index contributed by atoms with van der Waals surface area (Å²) in [5.74, 6) is -1.18. The first-order valence-electron chi connectivity index (χ1n) is 7.17. The Balaban J connectivity index is 4.83. The van der Waals surface area contributed by atoms with Gasteiger partial charge in [-0.25, -0.2) is 0 Å². The van der Waals surface area contributed by atoms with Crippen molar-refractivity contribution >= 4 is 17.7 Å². The zero-order valence-electron chi connectivity index (χ0n) is 13.7. The summed E-state index contributed by atoms with van der Waals surface area (Å²) in [5, 5.41) is 0. The van der Waals surface area contributed by atoms with Crippen LogP contribution in [0.25, 0.3) is 0 Å². The maximum absolute atomic E-state index is 12.0. The molecule has 1 atom stereocenters. The van der Waals surface area contributed by atoms with Gasteiger partial charge in [-0.2, -0.15) is 0 Å². The van der Waals surface area contributed by atoms with Gasteiger partial charge < -0.3 is 20.0 Å². The van der Waals surface area contributed by atoms with Gasteiger partial charge in [0.15, 0.2) is 0 Å². The van der Waals surface area contributed by atoms with E-state index in [4.69, 9.17) is 15.2 Å². The number of ether oxygens (including phenoxy) is 2. The van der Waals surface area contributed by atoms with Crippen molar-refractivity contribution in [1.29, 1.82) is 0 Å². The number of carbonyl (C=O) groups excluding carboxylic acids is 3. The molecule has 0 rings (SSSR count). The van der Waals surface area contributed by atoms with Gasteiger partial charge in [-0.15, -0.1) is 0 Å². The number of nitrogens with two attached hydrogens (primary N) is 1. The Morgan fingerprint density at radius 2 is 1.71 bits per heavy atom. The third-order valence-corrected chi connectivity index (χ3v) is 2.71. The first-order valence-corrected chi connectivity index (χ1v) is 7.17. The minimum Gasteiger partial charge on any atom is -0.465 e. The lowest BCUT2D eigenvalue weighted by Crippen LogP contribution is -2.51. The molecule has 122 valence electrons. The minimum absolute atomic E-state index is 0.0125. The molecule has 21 heavy (non-hydrogen) atoms. The van der Waals surface area contributed by atoms with E-state index in [9.17, 15) is 14.4 Å². The standard InChI is InChI=1S/C15H27NO5/c1-6-20-13(19)15(16,9-7-8-11(2)17)10-12(18)21-14(3,4)5/h6-10,16H2,1-5H3. The number of ketones is 1. The van der Waals surface area contributed by atoms with E-state index in [-0.39, 0.29) is 25.2 Å². The Morgan fingerprint density at radius 3 is 2.14 bits per heavy atom. The maximum atomic E-state index is 12.0. The summed E-state index contributed by atoms with van der Waals surface area (Å²) in [6.07, 6.45) is 0.672. The van der Waals surface area contributed by atoms with Crippen LogP contribution in [0.15, 0.2) is 0 Å². The van der Waals surface area contributed by atoms with Gasteiger partial charge in [0, 0.05) is 6.42 Å². The maximum Gasteiger partial charge on any atom is 0.326 e. The quantitative estimate of drug-likeness (QED) is 0.686. The molecule has 0 aliphatic heterocycles. The Hall–Kier alpha value is -1.43. The third-order valence-electron chi connectivity index (χ3n) is 2.71. The van der Waals surface area contributed by atoms with Crippen molar-refractivity contribution < 1.29 is 23.9 Å².